The van der Waals surface area contributed by atoms with Crippen LogP contribution in [0.25, 0.3) is 5.82 Å². The average Bonchev–Trinajstić information content (AvgIpc) is 3.31. The first-order chi connectivity index (χ1) is 14.7. The number of imidazole rings is 1. The van der Waals surface area contributed by atoms with Crippen LogP contribution in [0.5, 0.6) is 5.75 Å². The van der Waals surface area contributed by atoms with Gasteiger partial charge >= 0.3 is 0 Å². The van der Waals surface area contributed by atoms with Crippen LogP contribution in [0.2, 0.25) is 0 Å². The van der Waals surface area contributed by atoms with Crippen molar-refractivity contribution in [2.45, 2.75) is 13.0 Å². The minimum atomic E-state index is -0.618. The second-order valence-electron chi connectivity index (χ2n) is 6.50. The first kappa shape index (κ1) is 19.1. The highest BCUT2D eigenvalue weighted by Crippen LogP contribution is 2.19. The van der Waals surface area contributed by atoms with Gasteiger partial charge in [-0.05, 0) is 43.3 Å². The van der Waals surface area contributed by atoms with Crippen molar-refractivity contribution >= 4 is 23.1 Å². The summed E-state index contributed by atoms with van der Waals surface area (Å²) in [6.45, 7) is 1.71. The summed E-state index contributed by atoms with van der Waals surface area (Å²) in [6.07, 6.45) is 6.04. The van der Waals surface area contributed by atoms with E-state index in [1.165, 1.54) is 6.33 Å². The molecule has 0 fully saturated rings. The molecule has 0 aliphatic heterocycles. The third-order valence-electron chi connectivity index (χ3n) is 4.27. The Kier molecular flexibility index (Phi) is 5.66. The predicted molar refractivity (Wildman–Crippen MR) is 114 cm³/mol. The first-order valence-corrected chi connectivity index (χ1v) is 9.37. The van der Waals surface area contributed by atoms with Crippen LogP contribution >= 0.6 is 0 Å². The van der Waals surface area contributed by atoms with Crippen molar-refractivity contribution in [2.75, 3.05) is 10.6 Å². The standard InChI is InChI=1S/C22H20N6O2/c1-16(30-19-5-3-2-4-6-19)22(29)27-18-9-7-17(8-10-18)26-20-13-21(25-14-24-20)28-12-11-23-15-28/h2-16H,1H3,(H,27,29)(H,24,25,26). The fourth-order valence-electron chi connectivity index (χ4n) is 2.74. The second kappa shape index (κ2) is 8.87. The van der Waals surface area contributed by atoms with Crippen LogP contribution in [0.3, 0.4) is 0 Å². The van der Waals surface area contributed by atoms with Gasteiger partial charge in [0.15, 0.2) is 6.10 Å². The maximum absolute atomic E-state index is 12.4. The molecule has 0 aliphatic carbocycles. The number of amides is 1. The van der Waals surface area contributed by atoms with Crippen molar-refractivity contribution < 1.29 is 9.53 Å². The molecule has 0 saturated heterocycles. The van der Waals surface area contributed by atoms with Crippen LogP contribution in [-0.2, 0) is 4.79 Å². The fraction of sp³-hybridized carbons (Fsp3) is 0.0909. The lowest BCUT2D eigenvalue weighted by molar-refractivity contribution is -0.122. The molecule has 150 valence electrons. The van der Waals surface area contributed by atoms with Gasteiger partial charge in [-0.1, -0.05) is 18.2 Å². The van der Waals surface area contributed by atoms with E-state index < -0.39 is 6.10 Å². The molecule has 4 rings (SSSR count). The van der Waals surface area contributed by atoms with Gasteiger partial charge in [-0.2, -0.15) is 0 Å². The van der Waals surface area contributed by atoms with E-state index >= 15 is 0 Å². The Labute approximate surface area is 173 Å². The van der Waals surface area contributed by atoms with Gasteiger partial charge < -0.3 is 15.4 Å². The molecule has 2 aromatic heterocycles. The van der Waals surface area contributed by atoms with Gasteiger partial charge in [0.25, 0.3) is 5.91 Å². The van der Waals surface area contributed by atoms with Gasteiger partial charge in [-0.15, -0.1) is 0 Å². The minimum absolute atomic E-state index is 0.222. The predicted octanol–water partition coefficient (Wildman–Crippen LogP) is 3.81. The molecule has 0 spiro atoms. The highest BCUT2D eigenvalue weighted by Gasteiger charge is 2.14. The van der Waals surface area contributed by atoms with Crippen molar-refractivity contribution in [1.29, 1.82) is 0 Å². The molecule has 0 radical (unpaired) electrons. The topological polar surface area (TPSA) is 94.0 Å². The highest BCUT2D eigenvalue weighted by atomic mass is 16.5. The summed E-state index contributed by atoms with van der Waals surface area (Å²) in [5.41, 5.74) is 1.51. The molecule has 1 unspecified atom stereocenters. The molecule has 8 heteroatoms. The Morgan fingerprint density at radius 2 is 1.80 bits per heavy atom. The number of aromatic nitrogens is 4. The molecule has 2 N–H and O–H groups in total. The maximum Gasteiger partial charge on any atom is 0.265 e. The summed E-state index contributed by atoms with van der Waals surface area (Å²) in [5.74, 6) is 1.79. The van der Waals surface area contributed by atoms with Gasteiger partial charge in [0, 0.05) is 29.8 Å². The number of para-hydroxylation sites is 1. The molecular weight excluding hydrogens is 380 g/mol. The Morgan fingerprint density at radius 1 is 1.03 bits per heavy atom. The molecule has 0 saturated carbocycles. The summed E-state index contributed by atoms with van der Waals surface area (Å²) in [4.78, 5) is 24.9. The number of hydrogen-bond donors (Lipinski definition) is 2. The number of rotatable bonds is 7. The Hall–Kier alpha value is -4.20. The Bertz CT molecular complexity index is 1100. The van der Waals surface area contributed by atoms with Crippen molar-refractivity contribution in [1.82, 2.24) is 19.5 Å². The number of nitrogens with zero attached hydrogens (tertiary/aromatic N) is 4. The Balaban J connectivity index is 1.36. The quantitative estimate of drug-likeness (QED) is 0.490. The second-order valence-corrected chi connectivity index (χ2v) is 6.50. The summed E-state index contributed by atoms with van der Waals surface area (Å²) in [7, 11) is 0. The molecule has 30 heavy (non-hydrogen) atoms. The van der Waals surface area contributed by atoms with Gasteiger partial charge in [0.2, 0.25) is 0 Å². The molecule has 2 heterocycles. The molecule has 1 atom stereocenters. The van der Waals surface area contributed by atoms with Gasteiger partial charge in [-0.3, -0.25) is 9.36 Å². The molecule has 2 aromatic carbocycles. The highest BCUT2D eigenvalue weighted by molar-refractivity contribution is 5.94. The zero-order chi connectivity index (χ0) is 20.8. The number of benzene rings is 2. The smallest absolute Gasteiger partial charge is 0.265 e. The first-order valence-electron chi connectivity index (χ1n) is 9.37. The molecule has 4 aromatic rings. The van der Waals surface area contributed by atoms with Crippen molar-refractivity contribution in [2.24, 2.45) is 0 Å². The lowest BCUT2D eigenvalue weighted by Crippen LogP contribution is -2.30. The molecule has 1 amide bonds. The summed E-state index contributed by atoms with van der Waals surface area (Å²) in [5, 5.41) is 6.07. The average molecular weight is 400 g/mol. The third kappa shape index (κ3) is 4.79. The zero-order valence-corrected chi connectivity index (χ0v) is 16.3. The van der Waals surface area contributed by atoms with Gasteiger partial charge in [-0.25, -0.2) is 15.0 Å². The van der Waals surface area contributed by atoms with Crippen molar-refractivity contribution in [3.8, 4) is 11.6 Å². The van der Waals surface area contributed by atoms with E-state index in [4.69, 9.17) is 4.74 Å². The lowest BCUT2D eigenvalue weighted by Gasteiger charge is -2.15. The fourth-order valence-corrected chi connectivity index (χ4v) is 2.74. The van der Waals surface area contributed by atoms with E-state index in [0.717, 1.165) is 5.69 Å². The van der Waals surface area contributed by atoms with Crippen molar-refractivity contribution in [3.63, 3.8) is 0 Å². The third-order valence-corrected chi connectivity index (χ3v) is 4.27. The largest absolute Gasteiger partial charge is 0.481 e. The van der Waals surface area contributed by atoms with Crippen LogP contribution in [-0.4, -0.2) is 31.5 Å². The van der Waals surface area contributed by atoms with Crippen LogP contribution in [0.4, 0.5) is 17.2 Å². The van der Waals surface area contributed by atoms with E-state index in [-0.39, 0.29) is 5.91 Å². The molecule has 0 aliphatic rings. The van der Waals surface area contributed by atoms with E-state index in [9.17, 15) is 4.79 Å². The molecule has 0 bridgehead atoms. The Morgan fingerprint density at radius 3 is 2.53 bits per heavy atom. The van der Waals surface area contributed by atoms with E-state index in [1.54, 1.807) is 24.0 Å². The van der Waals surface area contributed by atoms with Crippen LogP contribution in [0.15, 0.2) is 85.7 Å². The van der Waals surface area contributed by atoms with Gasteiger partial charge in [0.1, 0.15) is 30.0 Å². The molecular formula is C22H20N6O2. The number of ether oxygens (including phenoxy) is 1. The van der Waals surface area contributed by atoms with Crippen LogP contribution in [0, 0.1) is 0 Å². The van der Waals surface area contributed by atoms with Crippen molar-refractivity contribution in [3.05, 3.63) is 85.7 Å². The summed E-state index contributed by atoms with van der Waals surface area (Å²) in [6, 6.07) is 18.4. The number of nitrogens with one attached hydrogen (secondary N) is 2. The van der Waals surface area contributed by atoms with E-state index in [0.29, 0.717) is 23.1 Å². The minimum Gasteiger partial charge on any atom is -0.481 e. The molecule has 8 nitrogen and oxygen atoms in total. The lowest BCUT2D eigenvalue weighted by atomic mass is 10.2. The van der Waals surface area contributed by atoms with Crippen LogP contribution < -0.4 is 15.4 Å². The number of anilines is 3. The van der Waals surface area contributed by atoms with Crippen LogP contribution in [0.1, 0.15) is 6.92 Å². The monoisotopic (exact) mass is 400 g/mol. The van der Waals surface area contributed by atoms with E-state index in [1.807, 2.05) is 66.9 Å². The number of carbonyl (C=O) groups is 1. The number of carbonyl (C=O) groups excluding carboxylic acids is 1. The summed E-state index contributed by atoms with van der Waals surface area (Å²) >= 11 is 0. The van der Waals surface area contributed by atoms with E-state index in [2.05, 4.69) is 25.6 Å². The van der Waals surface area contributed by atoms with Gasteiger partial charge in [0.05, 0.1) is 0 Å². The maximum atomic E-state index is 12.4. The number of hydrogen-bond acceptors (Lipinski definition) is 6. The SMILES string of the molecule is CC(Oc1ccccc1)C(=O)Nc1ccc(Nc2cc(-n3ccnc3)ncn2)cc1. The summed E-state index contributed by atoms with van der Waals surface area (Å²) < 4.78 is 7.44. The zero-order valence-electron chi connectivity index (χ0n) is 16.3. The normalized spacial score (nSPS) is 11.5.